The maximum atomic E-state index is 12.7. The molecular formula is C20H13BrClN3OS. The molecular weight excluding hydrogens is 446 g/mol. The highest BCUT2D eigenvalue weighted by Crippen LogP contribution is 2.35. The summed E-state index contributed by atoms with van der Waals surface area (Å²) in [7, 11) is 0. The first-order valence-electron chi connectivity index (χ1n) is 8.04. The molecule has 3 N–H and O–H groups in total. The van der Waals surface area contributed by atoms with Crippen molar-refractivity contribution < 1.29 is 4.79 Å². The number of nitrogens with two attached hydrogens (primary N) is 1. The first-order chi connectivity index (χ1) is 13.0. The molecule has 27 heavy (non-hydrogen) atoms. The minimum absolute atomic E-state index is 0.254. The van der Waals surface area contributed by atoms with E-state index in [9.17, 15) is 4.79 Å². The van der Waals surface area contributed by atoms with Gasteiger partial charge in [-0.25, -0.2) is 4.98 Å². The van der Waals surface area contributed by atoms with Gasteiger partial charge in [0.05, 0.1) is 17.1 Å². The Hall–Kier alpha value is -2.41. The van der Waals surface area contributed by atoms with Crippen molar-refractivity contribution in [2.75, 3.05) is 11.1 Å². The lowest BCUT2D eigenvalue weighted by molar-refractivity contribution is 0.103. The predicted octanol–water partition coefficient (Wildman–Crippen LogP) is 6.21. The maximum Gasteiger partial charge on any atom is 0.267 e. The van der Waals surface area contributed by atoms with Gasteiger partial charge in [0.1, 0.15) is 9.71 Å². The number of nitrogens with zero attached hydrogens (tertiary/aromatic N) is 1. The third kappa shape index (κ3) is 3.56. The first-order valence-corrected chi connectivity index (χ1v) is 10.0. The molecule has 0 aliphatic heterocycles. The number of nitrogens with one attached hydrogen (secondary N) is 1. The van der Waals surface area contributed by atoms with E-state index < -0.39 is 0 Å². The number of benzene rings is 2. The van der Waals surface area contributed by atoms with E-state index in [0.29, 0.717) is 21.3 Å². The lowest BCUT2D eigenvalue weighted by atomic mass is 10.1. The summed E-state index contributed by atoms with van der Waals surface area (Å²) in [5.41, 5.74) is 9.10. The molecule has 0 aliphatic carbocycles. The molecule has 2 aromatic heterocycles. The lowest BCUT2D eigenvalue weighted by Gasteiger charge is -2.06. The minimum atomic E-state index is -0.254. The second-order valence-electron chi connectivity index (χ2n) is 5.83. The summed E-state index contributed by atoms with van der Waals surface area (Å²) in [6.07, 6.45) is 0. The topological polar surface area (TPSA) is 68.0 Å². The molecule has 0 aliphatic rings. The highest BCUT2D eigenvalue weighted by molar-refractivity contribution is 9.10. The summed E-state index contributed by atoms with van der Waals surface area (Å²) >= 11 is 10.7. The molecule has 0 unspecified atom stereocenters. The Kier molecular flexibility index (Phi) is 4.86. The third-order valence-electron chi connectivity index (χ3n) is 4.06. The van der Waals surface area contributed by atoms with Crippen molar-refractivity contribution in [3.8, 4) is 11.3 Å². The number of thiophene rings is 1. The van der Waals surface area contributed by atoms with Crippen LogP contribution in [0.2, 0.25) is 5.02 Å². The number of hydrogen-bond donors (Lipinski definition) is 2. The highest BCUT2D eigenvalue weighted by atomic mass is 79.9. The van der Waals surface area contributed by atoms with Crippen LogP contribution >= 0.6 is 38.9 Å². The van der Waals surface area contributed by atoms with Gasteiger partial charge in [-0.15, -0.1) is 11.3 Å². The van der Waals surface area contributed by atoms with Crippen molar-refractivity contribution in [3.05, 3.63) is 75.0 Å². The number of halogens is 2. The summed E-state index contributed by atoms with van der Waals surface area (Å²) in [6.45, 7) is 0. The molecule has 0 bridgehead atoms. The Labute approximate surface area is 173 Å². The van der Waals surface area contributed by atoms with Gasteiger partial charge in [0.2, 0.25) is 0 Å². The Balaban J connectivity index is 1.70. The van der Waals surface area contributed by atoms with E-state index in [0.717, 1.165) is 25.9 Å². The largest absolute Gasteiger partial charge is 0.397 e. The number of fused-ring (bicyclic) bond motifs is 1. The van der Waals surface area contributed by atoms with Crippen LogP contribution in [0.4, 0.5) is 11.4 Å². The molecule has 4 nitrogen and oxygen atoms in total. The Morgan fingerprint density at radius 1 is 1.07 bits per heavy atom. The van der Waals surface area contributed by atoms with Gasteiger partial charge in [-0.2, -0.15) is 0 Å². The van der Waals surface area contributed by atoms with Crippen LogP contribution in [0.5, 0.6) is 0 Å². The number of anilines is 2. The molecule has 0 atom stereocenters. The summed E-state index contributed by atoms with van der Waals surface area (Å²) in [6, 6.07) is 18.7. The minimum Gasteiger partial charge on any atom is -0.397 e. The molecule has 0 saturated heterocycles. The van der Waals surface area contributed by atoms with Crippen LogP contribution in [0.15, 0.2) is 65.1 Å². The summed E-state index contributed by atoms with van der Waals surface area (Å²) in [5, 5.41) is 4.33. The molecule has 4 rings (SSSR count). The monoisotopic (exact) mass is 457 g/mol. The highest BCUT2D eigenvalue weighted by Gasteiger charge is 2.18. The molecule has 4 aromatic rings. The van der Waals surface area contributed by atoms with E-state index in [-0.39, 0.29) is 5.91 Å². The van der Waals surface area contributed by atoms with Crippen LogP contribution in [0.3, 0.4) is 0 Å². The fraction of sp³-hybridized carbons (Fsp3) is 0. The number of amides is 1. The fourth-order valence-corrected chi connectivity index (χ4v) is 4.19. The molecule has 0 fully saturated rings. The Morgan fingerprint density at radius 3 is 2.56 bits per heavy atom. The van der Waals surface area contributed by atoms with E-state index in [1.807, 2.05) is 60.7 Å². The van der Waals surface area contributed by atoms with Gasteiger partial charge in [-0.1, -0.05) is 35.9 Å². The Bertz CT molecular complexity index is 1160. The molecule has 2 heterocycles. The number of para-hydroxylation sites is 1. The summed E-state index contributed by atoms with van der Waals surface area (Å²) in [4.78, 5) is 18.5. The van der Waals surface area contributed by atoms with Crippen molar-refractivity contribution in [2.45, 2.75) is 0 Å². The van der Waals surface area contributed by atoms with Crippen LogP contribution in [0.25, 0.3) is 21.5 Å². The van der Waals surface area contributed by atoms with Crippen LogP contribution in [-0.2, 0) is 0 Å². The number of pyridine rings is 1. The van der Waals surface area contributed by atoms with Crippen molar-refractivity contribution in [1.82, 2.24) is 4.98 Å². The SMILES string of the molecule is Nc1c(C(=O)Nc2ccccc2Br)sc2nc(-c3ccc(Cl)cc3)ccc12. The molecule has 0 spiro atoms. The quantitative estimate of drug-likeness (QED) is 0.383. The second kappa shape index (κ2) is 7.31. The van der Waals surface area contributed by atoms with Gasteiger partial charge in [0.15, 0.2) is 0 Å². The molecule has 2 aromatic carbocycles. The average molecular weight is 459 g/mol. The zero-order chi connectivity index (χ0) is 19.0. The van der Waals surface area contributed by atoms with Crippen LogP contribution in [-0.4, -0.2) is 10.9 Å². The summed E-state index contributed by atoms with van der Waals surface area (Å²) in [5.74, 6) is -0.254. The molecule has 1 amide bonds. The first kappa shape index (κ1) is 18.0. The van der Waals surface area contributed by atoms with Gasteiger partial charge >= 0.3 is 0 Å². The van der Waals surface area contributed by atoms with Crippen molar-refractivity contribution >= 4 is 66.4 Å². The van der Waals surface area contributed by atoms with E-state index in [1.165, 1.54) is 11.3 Å². The molecule has 0 saturated carbocycles. The second-order valence-corrected chi connectivity index (χ2v) is 8.12. The lowest BCUT2D eigenvalue weighted by Crippen LogP contribution is -2.12. The smallest absolute Gasteiger partial charge is 0.267 e. The number of rotatable bonds is 3. The summed E-state index contributed by atoms with van der Waals surface area (Å²) < 4.78 is 0.807. The molecule has 7 heteroatoms. The van der Waals surface area contributed by atoms with Gasteiger partial charge < -0.3 is 11.1 Å². The van der Waals surface area contributed by atoms with E-state index in [4.69, 9.17) is 17.3 Å². The number of aromatic nitrogens is 1. The number of carbonyl (C=O) groups excluding carboxylic acids is 1. The van der Waals surface area contributed by atoms with E-state index in [1.54, 1.807) is 0 Å². The van der Waals surface area contributed by atoms with Gasteiger partial charge in [-0.3, -0.25) is 4.79 Å². The van der Waals surface area contributed by atoms with Crippen molar-refractivity contribution in [1.29, 1.82) is 0 Å². The average Bonchev–Trinajstić information content (AvgIpc) is 3.00. The maximum absolute atomic E-state index is 12.7. The van der Waals surface area contributed by atoms with Gasteiger partial charge in [0.25, 0.3) is 5.91 Å². The van der Waals surface area contributed by atoms with Gasteiger partial charge in [-0.05, 0) is 52.3 Å². The molecule has 0 radical (unpaired) electrons. The van der Waals surface area contributed by atoms with Crippen molar-refractivity contribution in [3.63, 3.8) is 0 Å². The van der Waals surface area contributed by atoms with Gasteiger partial charge in [0, 0.05) is 20.4 Å². The normalized spacial score (nSPS) is 10.9. The van der Waals surface area contributed by atoms with E-state index >= 15 is 0 Å². The van der Waals surface area contributed by atoms with Crippen LogP contribution < -0.4 is 11.1 Å². The number of nitrogen functional groups attached to an aromatic ring is 1. The van der Waals surface area contributed by atoms with E-state index in [2.05, 4.69) is 26.2 Å². The standard InChI is InChI=1S/C20H13BrClN3OS/c21-14-3-1-2-4-16(14)24-19(26)18-17(23)13-9-10-15(25-20(13)27-18)11-5-7-12(22)8-6-11/h1-10H,23H2,(H,24,26). The van der Waals surface area contributed by atoms with Crippen molar-refractivity contribution in [2.24, 2.45) is 0 Å². The Morgan fingerprint density at radius 2 is 1.81 bits per heavy atom. The predicted molar refractivity (Wildman–Crippen MR) is 117 cm³/mol. The fourth-order valence-electron chi connectivity index (χ4n) is 2.69. The van der Waals surface area contributed by atoms with Crippen LogP contribution in [0, 0.1) is 0 Å². The number of carbonyl (C=O) groups is 1. The third-order valence-corrected chi connectivity index (χ3v) is 6.12. The zero-order valence-electron chi connectivity index (χ0n) is 13.9. The van der Waals surface area contributed by atoms with Crippen LogP contribution in [0.1, 0.15) is 9.67 Å². The molecule has 134 valence electrons. The zero-order valence-corrected chi connectivity index (χ0v) is 17.0. The number of hydrogen-bond acceptors (Lipinski definition) is 4.